The summed E-state index contributed by atoms with van der Waals surface area (Å²) in [7, 11) is 3.05. The Kier molecular flexibility index (Phi) is 7.50. The number of halogens is 1. The lowest BCUT2D eigenvalue weighted by Gasteiger charge is -2.13. The molecule has 3 N–H and O–H groups in total. The lowest BCUT2D eigenvalue weighted by Crippen LogP contribution is -2.47. The van der Waals surface area contributed by atoms with Crippen molar-refractivity contribution in [2.75, 3.05) is 20.8 Å². The predicted octanol–water partition coefficient (Wildman–Crippen LogP) is 2.71. The fourth-order valence-electron chi connectivity index (χ4n) is 2.18. The van der Waals surface area contributed by atoms with E-state index in [9.17, 15) is 4.79 Å². The molecule has 0 atom stereocenters. The fraction of sp³-hybridized carbons (Fsp3) is 0.222. The fourth-order valence-corrected chi connectivity index (χ4v) is 2.46. The summed E-state index contributed by atoms with van der Waals surface area (Å²) < 4.78 is 10.3. The Hall–Kier alpha value is -2.51. The van der Waals surface area contributed by atoms with Gasteiger partial charge in [-0.15, -0.1) is 0 Å². The van der Waals surface area contributed by atoms with Crippen LogP contribution in [-0.2, 0) is 6.42 Å². The lowest BCUT2D eigenvalue weighted by molar-refractivity contribution is 0.0943. The van der Waals surface area contributed by atoms with Crippen molar-refractivity contribution >= 4 is 34.8 Å². The minimum atomic E-state index is -0.340. The summed E-state index contributed by atoms with van der Waals surface area (Å²) in [6, 6.07) is 12.5. The smallest absolute Gasteiger partial charge is 0.269 e. The van der Waals surface area contributed by atoms with E-state index in [0.717, 1.165) is 12.0 Å². The van der Waals surface area contributed by atoms with Gasteiger partial charge in [-0.25, -0.2) is 0 Å². The van der Waals surface area contributed by atoms with Gasteiger partial charge in [-0.3, -0.25) is 15.6 Å². The molecule has 0 unspecified atom stereocenters. The van der Waals surface area contributed by atoms with Crippen LogP contribution in [0.25, 0.3) is 0 Å². The molecule has 6 nitrogen and oxygen atoms in total. The van der Waals surface area contributed by atoms with E-state index in [2.05, 4.69) is 16.2 Å². The Labute approximate surface area is 162 Å². The van der Waals surface area contributed by atoms with Gasteiger partial charge in [0.05, 0.1) is 14.2 Å². The lowest BCUT2D eigenvalue weighted by atomic mass is 10.1. The average molecular weight is 394 g/mol. The summed E-state index contributed by atoms with van der Waals surface area (Å²) in [6.45, 7) is 0.625. The van der Waals surface area contributed by atoms with E-state index in [-0.39, 0.29) is 5.91 Å². The van der Waals surface area contributed by atoms with Gasteiger partial charge >= 0.3 is 0 Å². The Morgan fingerprint density at radius 3 is 2.38 bits per heavy atom. The van der Waals surface area contributed by atoms with Gasteiger partial charge in [0.25, 0.3) is 5.91 Å². The molecule has 0 bridgehead atoms. The van der Waals surface area contributed by atoms with Gasteiger partial charge in [-0.1, -0.05) is 23.7 Å². The molecule has 0 aliphatic rings. The number of amides is 1. The first-order valence-corrected chi connectivity index (χ1v) is 8.62. The van der Waals surface area contributed by atoms with Crippen LogP contribution in [0.2, 0.25) is 5.02 Å². The van der Waals surface area contributed by atoms with Crippen LogP contribution in [0, 0.1) is 0 Å². The van der Waals surface area contributed by atoms with E-state index >= 15 is 0 Å². The molecule has 0 heterocycles. The van der Waals surface area contributed by atoms with Crippen molar-refractivity contribution < 1.29 is 14.3 Å². The van der Waals surface area contributed by atoms with E-state index in [4.69, 9.17) is 33.3 Å². The molecule has 1 amide bonds. The highest BCUT2D eigenvalue weighted by molar-refractivity contribution is 7.80. The Bertz CT molecular complexity index is 769. The number of hydrogen-bond acceptors (Lipinski definition) is 4. The molecule has 8 heteroatoms. The number of benzene rings is 2. The molecule has 0 saturated heterocycles. The van der Waals surface area contributed by atoms with E-state index in [0.29, 0.717) is 33.7 Å². The number of hydrazine groups is 1. The van der Waals surface area contributed by atoms with E-state index < -0.39 is 0 Å². The van der Waals surface area contributed by atoms with E-state index in [1.807, 2.05) is 24.3 Å². The molecule has 0 fully saturated rings. The number of ether oxygens (including phenoxy) is 2. The van der Waals surface area contributed by atoms with Crippen molar-refractivity contribution in [1.82, 2.24) is 16.2 Å². The molecule has 0 aliphatic carbocycles. The molecule has 2 aromatic rings. The summed E-state index contributed by atoms with van der Waals surface area (Å²) >= 11 is 11.0. The summed E-state index contributed by atoms with van der Waals surface area (Å²) in [6.07, 6.45) is 0.780. The second-order valence-electron chi connectivity index (χ2n) is 5.28. The molecule has 0 spiro atoms. The first-order chi connectivity index (χ1) is 12.5. The molecule has 26 heavy (non-hydrogen) atoms. The molecule has 0 radical (unpaired) electrons. The Balaban J connectivity index is 1.77. The number of rotatable bonds is 6. The summed E-state index contributed by atoms with van der Waals surface area (Å²) in [5, 5.41) is 4.05. The number of hydrogen-bond donors (Lipinski definition) is 3. The largest absolute Gasteiger partial charge is 0.493 e. The summed E-state index contributed by atoms with van der Waals surface area (Å²) in [4.78, 5) is 12.2. The second-order valence-corrected chi connectivity index (χ2v) is 6.13. The Morgan fingerprint density at radius 2 is 1.73 bits per heavy atom. The van der Waals surface area contributed by atoms with Gasteiger partial charge in [0.15, 0.2) is 16.6 Å². The SMILES string of the molecule is COc1ccc(C(=O)NNC(=S)NCCc2ccc(Cl)cc2)cc1OC. The molecule has 2 rings (SSSR count). The molecule has 2 aromatic carbocycles. The molecule has 0 aromatic heterocycles. The van der Waals surface area contributed by atoms with Crippen molar-refractivity contribution in [3.05, 3.63) is 58.6 Å². The van der Waals surface area contributed by atoms with Crippen molar-refractivity contribution in [1.29, 1.82) is 0 Å². The van der Waals surface area contributed by atoms with Crippen LogP contribution in [0.3, 0.4) is 0 Å². The van der Waals surface area contributed by atoms with Crippen LogP contribution < -0.4 is 25.6 Å². The summed E-state index contributed by atoms with van der Waals surface area (Å²) in [5.74, 6) is 0.688. The van der Waals surface area contributed by atoms with Gasteiger partial charge in [0, 0.05) is 17.1 Å². The zero-order valence-electron chi connectivity index (χ0n) is 14.5. The molecular weight excluding hydrogens is 374 g/mol. The van der Waals surface area contributed by atoms with Crippen LogP contribution >= 0.6 is 23.8 Å². The maximum atomic E-state index is 12.2. The number of carbonyl (C=O) groups is 1. The van der Waals surface area contributed by atoms with E-state index in [1.54, 1.807) is 18.2 Å². The first kappa shape index (κ1) is 19.8. The van der Waals surface area contributed by atoms with Crippen molar-refractivity contribution in [3.8, 4) is 11.5 Å². The quantitative estimate of drug-likeness (QED) is 0.517. The summed E-state index contributed by atoms with van der Waals surface area (Å²) in [5.41, 5.74) is 6.76. The second kappa shape index (κ2) is 9.84. The first-order valence-electron chi connectivity index (χ1n) is 7.84. The van der Waals surface area contributed by atoms with Gasteiger partial charge < -0.3 is 14.8 Å². The normalized spacial score (nSPS) is 9.96. The third-order valence-corrected chi connectivity index (χ3v) is 4.05. The average Bonchev–Trinajstić information content (AvgIpc) is 2.67. The van der Waals surface area contributed by atoms with Crippen LogP contribution in [-0.4, -0.2) is 31.8 Å². The zero-order chi connectivity index (χ0) is 18.9. The number of nitrogens with one attached hydrogen (secondary N) is 3. The van der Waals surface area contributed by atoms with Crippen LogP contribution in [0.15, 0.2) is 42.5 Å². The van der Waals surface area contributed by atoms with Gasteiger partial charge in [0.2, 0.25) is 0 Å². The van der Waals surface area contributed by atoms with E-state index in [1.165, 1.54) is 14.2 Å². The zero-order valence-corrected chi connectivity index (χ0v) is 16.0. The van der Waals surface area contributed by atoms with Crippen molar-refractivity contribution in [3.63, 3.8) is 0 Å². The van der Waals surface area contributed by atoms with Gasteiger partial charge in [-0.05, 0) is 54.5 Å². The number of methoxy groups -OCH3 is 2. The van der Waals surface area contributed by atoms with Gasteiger partial charge in [-0.2, -0.15) is 0 Å². The maximum Gasteiger partial charge on any atom is 0.269 e. The highest BCUT2D eigenvalue weighted by Crippen LogP contribution is 2.27. The standard InChI is InChI=1S/C18H20ClN3O3S/c1-24-15-8-5-13(11-16(15)25-2)17(23)21-22-18(26)20-10-9-12-3-6-14(19)7-4-12/h3-8,11H,9-10H2,1-2H3,(H,21,23)(H2,20,22,26). The number of thiocarbonyl (C=S) groups is 1. The minimum absolute atomic E-state index is 0.327. The minimum Gasteiger partial charge on any atom is -0.493 e. The number of carbonyl (C=O) groups excluding carboxylic acids is 1. The highest BCUT2D eigenvalue weighted by atomic mass is 35.5. The monoisotopic (exact) mass is 393 g/mol. The highest BCUT2D eigenvalue weighted by Gasteiger charge is 2.10. The van der Waals surface area contributed by atoms with Crippen LogP contribution in [0.1, 0.15) is 15.9 Å². The van der Waals surface area contributed by atoms with Gasteiger partial charge in [0.1, 0.15) is 0 Å². The van der Waals surface area contributed by atoms with Crippen molar-refractivity contribution in [2.45, 2.75) is 6.42 Å². The Morgan fingerprint density at radius 1 is 1.04 bits per heavy atom. The molecular formula is C18H20ClN3O3S. The maximum absolute atomic E-state index is 12.2. The van der Waals surface area contributed by atoms with Crippen molar-refractivity contribution in [2.24, 2.45) is 0 Å². The van der Waals surface area contributed by atoms with Crippen LogP contribution in [0.5, 0.6) is 11.5 Å². The predicted molar refractivity (Wildman–Crippen MR) is 106 cm³/mol. The third-order valence-electron chi connectivity index (χ3n) is 3.55. The third kappa shape index (κ3) is 5.79. The van der Waals surface area contributed by atoms with Crippen LogP contribution in [0.4, 0.5) is 0 Å². The molecule has 138 valence electrons. The topological polar surface area (TPSA) is 71.6 Å². The molecule has 0 aliphatic heterocycles. The molecule has 0 saturated carbocycles.